The largest absolute Gasteiger partial charge is 0.354 e. The fourth-order valence-electron chi connectivity index (χ4n) is 2.95. The van der Waals surface area contributed by atoms with Crippen molar-refractivity contribution in [3.63, 3.8) is 0 Å². The number of para-hydroxylation sites is 1. The number of carbonyl (C=O) groups is 1. The van der Waals surface area contributed by atoms with E-state index in [1.807, 2.05) is 32.0 Å². The average Bonchev–Trinajstić information content (AvgIpc) is 2.53. The van der Waals surface area contributed by atoms with Gasteiger partial charge in [0.1, 0.15) is 6.54 Å². The van der Waals surface area contributed by atoms with Crippen molar-refractivity contribution in [3.05, 3.63) is 29.3 Å². The van der Waals surface area contributed by atoms with Crippen LogP contribution in [-0.2, 0) is 14.8 Å². The van der Waals surface area contributed by atoms with E-state index in [-0.39, 0.29) is 12.5 Å². The van der Waals surface area contributed by atoms with Crippen molar-refractivity contribution in [1.82, 2.24) is 5.32 Å². The molecular formula is C19H32N2O3S. The molecule has 0 spiro atoms. The van der Waals surface area contributed by atoms with Gasteiger partial charge in [0, 0.05) is 6.54 Å². The molecule has 25 heavy (non-hydrogen) atoms. The van der Waals surface area contributed by atoms with Crippen molar-refractivity contribution in [2.45, 2.75) is 53.4 Å². The Kier molecular flexibility index (Phi) is 8.42. The van der Waals surface area contributed by atoms with E-state index in [1.165, 1.54) is 4.31 Å². The lowest BCUT2D eigenvalue weighted by Gasteiger charge is -2.26. The van der Waals surface area contributed by atoms with E-state index in [0.29, 0.717) is 18.2 Å². The number of hydrogen-bond donors (Lipinski definition) is 1. The molecule has 1 rings (SSSR count). The molecule has 142 valence electrons. The maximum atomic E-state index is 12.4. The fourth-order valence-corrected chi connectivity index (χ4v) is 3.92. The molecule has 0 aliphatic rings. The van der Waals surface area contributed by atoms with E-state index in [4.69, 9.17) is 0 Å². The Bertz CT molecular complexity index is 651. The Hall–Kier alpha value is -1.56. The molecule has 0 aromatic heterocycles. The monoisotopic (exact) mass is 368 g/mol. The van der Waals surface area contributed by atoms with E-state index in [1.54, 1.807) is 0 Å². The summed E-state index contributed by atoms with van der Waals surface area (Å²) in [5, 5.41) is 2.91. The van der Waals surface area contributed by atoms with Crippen LogP contribution in [-0.4, -0.2) is 33.7 Å². The Labute approximate surface area is 152 Å². The van der Waals surface area contributed by atoms with Crippen LogP contribution < -0.4 is 9.62 Å². The summed E-state index contributed by atoms with van der Waals surface area (Å²) in [6, 6.07) is 5.60. The van der Waals surface area contributed by atoms with Gasteiger partial charge in [0.25, 0.3) is 0 Å². The first-order valence-corrected chi connectivity index (χ1v) is 10.9. The Morgan fingerprint density at radius 3 is 2.28 bits per heavy atom. The third-order valence-corrected chi connectivity index (χ3v) is 5.62. The molecule has 0 saturated carbocycles. The lowest BCUT2D eigenvalue weighted by Crippen LogP contribution is -2.42. The molecule has 6 heteroatoms. The van der Waals surface area contributed by atoms with Gasteiger partial charge in [-0.05, 0) is 37.3 Å². The van der Waals surface area contributed by atoms with Crippen molar-refractivity contribution in [1.29, 1.82) is 0 Å². The average molecular weight is 369 g/mol. The summed E-state index contributed by atoms with van der Waals surface area (Å²) in [6.07, 6.45) is 5.51. The van der Waals surface area contributed by atoms with Crippen LogP contribution >= 0.6 is 0 Å². The first-order valence-electron chi connectivity index (χ1n) is 9.01. The van der Waals surface area contributed by atoms with Gasteiger partial charge in [-0.1, -0.05) is 51.3 Å². The van der Waals surface area contributed by atoms with E-state index in [0.717, 1.165) is 43.1 Å². The van der Waals surface area contributed by atoms with Gasteiger partial charge < -0.3 is 5.32 Å². The number of rotatable bonds is 10. The number of anilines is 1. The molecule has 0 saturated heterocycles. The van der Waals surface area contributed by atoms with Crippen molar-refractivity contribution in [2.24, 2.45) is 5.92 Å². The van der Waals surface area contributed by atoms with Gasteiger partial charge in [-0.15, -0.1) is 0 Å². The van der Waals surface area contributed by atoms with Crippen LogP contribution in [0.15, 0.2) is 18.2 Å². The lowest BCUT2D eigenvalue weighted by molar-refractivity contribution is -0.119. The normalized spacial score (nSPS) is 12.7. The van der Waals surface area contributed by atoms with Crippen LogP contribution in [0, 0.1) is 19.8 Å². The molecule has 0 heterocycles. The second-order valence-corrected chi connectivity index (χ2v) is 8.64. The highest BCUT2D eigenvalue weighted by Gasteiger charge is 2.24. The summed E-state index contributed by atoms with van der Waals surface area (Å²) >= 11 is 0. The van der Waals surface area contributed by atoms with Crippen molar-refractivity contribution in [3.8, 4) is 0 Å². The maximum Gasteiger partial charge on any atom is 0.240 e. The summed E-state index contributed by atoms with van der Waals surface area (Å²) in [7, 11) is -3.54. The topological polar surface area (TPSA) is 66.5 Å². The zero-order chi connectivity index (χ0) is 19.0. The minimum atomic E-state index is -3.54. The molecule has 0 bridgehead atoms. The third-order valence-electron chi connectivity index (χ3n) is 4.51. The molecule has 0 unspecified atom stereocenters. The summed E-state index contributed by atoms with van der Waals surface area (Å²) in [5.41, 5.74) is 2.28. The number of carbonyl (C=O) groups excluding carboxylic acids is 1. The zero-order valence-electron chi connectivity index (χ0n) is 16.1. The standard InChI is InChI=1S/C19H32N2O3S/c1-6-8-12-17(7-2)13-20-18(22)14-21(25(5,23)24)19-15(3)10-9-11-16(19)4/h9-11,17H,6-8,12-14H2,1-5H3,(H,20,22)/t17-/m0/s1. The number of sulfonamides is 1. The summed E-state index contributed by atoms with van der Waals surface area (Å²) in [5.74, 6) is 0.179. The zero-order valence-corrected chi connectivity index (χ0v) is 16.9. The van der Waals surface area contributed by atoms with Crippen LogP contribution in [0.5, 0.6) is 0 Å². The number of nitrogens with zero attached hydrogens (tertiary/aromatic N) is 1. The van der Waals surface area contributed by atoms with Gasteiger partial charge in [-0.25, -0.2) is 8.42 Å². The van der Waals surface area contributed by atoms with Crippen LogP contribution in [0.1, 0.15) is 50.7 Å². The molecule has 1 aromatic rings. The van der Waals surface area contributed by atoms with E-state index >= 15 is 0 Å². The lowest BCUT2D eigenvalue weighted by atomic mass is 9.99. The second-order valence-electron chi connectivity index (χ2n) is 6.73. The van der Waals surface area contributed by atoms with Crippen LogP contribution in [0.25, 0.3) is 0 Å². The van der Waals surface area contributed by atoms with Crippen LogP contribution in [0.2, 0.25) is 0 Å². The van der Waals surface area contributed by atoms with E-state index in [9.17, 15) is 13.2 Å². The molecule has 0 aliphatic carbocycles. The summed E-state index contributed by atoms with van der Waals surface area (Å²) in [6.45, 7) is 8.40. The SMILES string of the molecule is CCCC[C@H](CC)CNC(=O)CN(c1c(C)cccc1C)S(C)(=O)=O. The highest BCUT2D eigenvalue weighted by atomic mass is 32.2. The van der Waals surface area contributed by atoms with Gasteiger partial charge in [0.05, 0.1) is 11.9 Å². The molecule has 1 atom stereocenters. The maximum absolute atomic E-state index is 12.4. The predicted octanol–water partition coefficient (Wildman–Crippen LogP) is 3.40. The number of unbranched alkanes of at least 4 members (excludes halogenated alkanes) is 1. The molecular weight excluding hydrogens is 336 g/mol. The number of hydrogen-bond acceptors (Lipinski definition) is 3. The molecule has 0 radical (unpaired) electrons. The molecule has 1 aromatic carbocycles. The highest BCUT2D eigenvalue weighted by molar-refractivity contribution is 7.92. The Morgan fingerprint density at radius 2 is 1.80 bits per heavy atom. The van der Waals surface area contributed by atoms with Crippen LogP contribution in [0.3, 0.4) is 0 Å². The minimum absolute atomic E-state index is 0.186. The smallest absolute Gasteiger partial charge is 0.240 e. The first kappa shape index (κ1) is 21.5. The van der Waals surface area contributed by atoms with E-state index < -0.39 is 10.0 Å². The van der Waals surface area contributed by atoms with E-state index in [2.05, 4.69) is 19.2 Å². The fraction of sp³-hybridized carbons (Fsp3) is 0.632. The highest BCUT2D eigenvalue weighted by Crippen LogP contribution is 2.26. The molecule has 1 N–H and O–H groups in total. The number of aryl methyl sites for hydroxylation is 2. The molecule has 0 fully saturated rings. The van der Waals surface area contributed by atoms with Crippen LogP contribution in [0.4, 0.5) is 5.69 Å². The predicted molar refractivity (Wildman–Crippen MR) is 104 cm³/mol. The van der Waals surface area contributed by atoms with Crippen molar-refractivity contribution >= 4 is 21.6 Å². The van der Waals surface area contributed by atoms with Crippen molar-refractivity contribution < 1.29 is 13.2 Å². The summed E-state index contributed by atoms with van der Waals surface area (Å²) in [4.78, 5) is 12.4. The number of benzene rings is 1. The van der Waals surface area contributed by atoms with Gasteiger partial charge in [-0.2, -0.15) is 0 Å². The molecule has 1 amide bonds. The Morgan fingerprint density at radius 1 is 1.20 bits per heavy atom. The van der Waals surface area contributed by atoms with Crippen molar-refractivity contribution in [2.75, 3.05) is 23.7 Å². The second kappa shape index (κ2) is 9.80. The van der Waals surface area contributed by atoms with Gasteiger partial charge in [0.2, 0.25) is 15.9 Å². The van der Waals surface area contributed by atoms with Gasteiger partial charge in [0.15, 0.2) is 0 Å². The van der Waals surface area contributed by atoms with Gasteiger partial charge in [-0.3, -0.25) is 9.10 Å². The number of amides is 1. The summed E-state index contributed by atoms with van der Waals surface area (Å²) < 4.78 is 25.7. The molecule has 0 aliphatic heterocycles. The Balaban J connectivity index is 2.85. The first-order chi connectivity index (χ1) is 11.7. The molecule has 5 nitrogen and oxygen atoms in total. The third kappa shape index (κ3) is 6.69. The quantitative estimate of drug-likeness (QED) is 0.688. The minimum Gasteiger partial charge on any atom is -0.354 e. The van der Waals surface area contributed by atoms with Gasteiger partial charge >= 0.3 is 0 Å². The number of nitrogens with one attached hydrogen (secondary N) is 1.